The van der Waals surface area contributed by atoms with E-state index in [1.54, 1.807) is 7.11 Å². The van der Waals surface area contributed by atoms with Crippen molar-refractivity contribution in [3.8, 4) is 0 Å². The van der Waals surface area contributed by atoms with Gasteiger partial charge in [-0.25, -0.2) is 9.97 Å². The summed E-state index contributed by atoms with van der Waals surface area (Å²) in [7, 11) is 1.76. The minimum atomic E-state index is 0.410. The molecule has 3 rings (SSSR count). The molecule has 188 valence electrons. The maximum absolute atomic E-state index is 6.09. The van der Waals surface area contributed by atoms with Gasteiger partial charge in [0, 0.05) is 37.6 Å². The van der Waals surface area contributed by atoms with Gasteiger partial charge in [-0.05, 0) is 73.8 Å². The highest BCUT2D eigenvalue weighted by atomic mass is 16.5. The summed E-state index contributed by atoms with van der Waals surface area (Å²) in [5.74, 6) is 0.698. The second-order valence-corrected chi connectivity index (χ2v) is 8.73. The van der Waals surface area contributed by atoms with E-state index in [-0.39, 0.29) is 0 Å². The van der Waals surface area contributed by atoms with Gasteiger partial charge in [0.25, 0.3) is 0 Å². The van der Waals surface area contributed by atoms with Crippen molar-refractivity contribution in [2.24, 2.45) is 5.73 Å². The van der Waals surface area contributed by atoms with Crippen LogP contribution in [0.25, 0.3) is 5.57 Å². The van der Waals surface area contributed by atoms with E-state index < -0.39 is 0 Å². The standard InChI is InChI=1S/C26H39N5O.C2H6/c1-5-20-8-7-19(15-21(20)17-32-4)16-29-22-9-11-23(12-10-22)30-26-28-14-13-25(31-26)18(3)24(27)6-2;1-2/h7-8,13-15,22-23,29H,5-6,9-12,16-17,27H2,1-4H3,(H,28,30,31);1-2H3/b24-18-;. The summed E-state index contributed by atoms with van der Waals surface area (Å²) in [6.07, 6.45) is 8.20. The topological polar surface area (TPSA) is 85.1 Å². The molecule has 1 aliphatic carbocycles. The van der Waals surface area contributed by atoms with Gasteiger partial charge in [0.15, 0.2) is 0 Å². The monoisotopic (exact) mass is 467 g/mol. The lowest BCUT2D eigenvalue weighted by Crippen LogP contribution is -2.37. The first-order chi connectivity index (χ1) is 16.5. The number of nitrogens with two attached hydrogens (primary N) is 1. The number of nitrogens with one attached hydrogen (secondary N) is 2. The molecule has 0 radical (unpaired) electrons. The fourth-order valence-corrected chi connectivity index (χ4v) is 4.38. The van der Waals surface area contributed by atoms with E-state index >= 15 is 0 Å². The molecule has 6 heteroatoms. The second kappa shape index (κ2) is 14.7. The zero-order chi connectivity index (χ0) is 24.9. The van der Waals surface area contributed by atoms with Crippen molar-refractivity contribution in [1.82, 2.24) is 15.3 Å². The zero-order valence-corrected chi connectivity index (χ0v) is 22.1. The predicted molar refractivity (Wildman–Crippen MR) is 143 cm³/mol. The molecule has 1 aromatic heterocycles. The summed E-state index contributed by atoms with van der Waals surface area (Å²) in [5.41, 5.74) is 12.9. The van der Waals surface area contributed by atoms with Crippen molar-refractivity contribution in [3.63, 3.8) is 0 Å². The first-order valence-corrected chi connectivity index (χ1v) is 12.9. The Morgan fingerprint density at radius 1 is 1.06 bits per heavy atom. The van der Waals surface area contributed by atoms with Crippen LogP contribution in [0, 0.1) is 0 Å². The van der Waals surface area contributed by atoms with Gasteiger partial charge < -0.3 is 21.1 Å². The number of hydrogen-bond donors (Lipinski definition) is 3. The van der Waals surface area contributed by atoms with Crippen LogP contribution in [0.15, 0.2) is 36.2 Å². The normalized spacial score (nSPS) is 18.5. The van der Waals surface area contributed by atoms with Gasteiger partial charge in [0.05, 0.1) is 12.3 Å². The molecule has 1 heterocycles. The van der Waals surface area contributed by atoms with E-state index in [4.69, 9.17) is 10.5 Å². The number of rotatable bonds is 10. The van der Waals surface area contributed by atoms with Crippen LogP contribution in [-0.4, -0.2) is 29.2 Å². The van der Waals surface area contributed by atoms with Gasteiger partial charge >= 0.3 is 0 Å². The fourth-order valence-electron chi connectivity index (χ4n) is 4.38. The number of aryl methyl sites for hydroxylation is 1. The van der Waals surface area contributed by atoms with Crippen LogP contribution in [-0.2, 0) is 24.3 Å². The van der Waals surface area contributed by atoms with E-state index in [1.807, 2.05) is 33.0 Å². The third kappa shape index (κ3) is 8.10. The molecule has 1 fully saturated rings. The number of hydrogen-bond acceptors (Lipinski definition) is 6. The highest BCUT2D eigenvalue weighted by Gasteiger charge is 2.21. The number of allylic oxidation sites excluding steroid dienone is 2. The van der Waals surface area contributed by atoms with E-state index in [0.717, 1.165) is 62.0 Å². The highest BCUT2D eigenvalue weighted by molar-refractivity contribution is 5.63. The minimum absolute atomic E-state index is 0.410. The molecule has 4 N–H and O–H groups in total. The Labute approximate surface area is 206 Å². The van der Waals surface area contributed by atoms with Crippen LogP contribution in [0.2, 0.25) is 0 Å². The molecule has 34 heavy (non-hydrogen) atoms. The Morgan fingerprint density at radius 2 is 1.76 bits per heavy atom. The number of methoxy groups -OCH3 is 1. The predicted octanol–water partition coefficient (Wildman–Crippen LogP) is 5.82. The molecular formula is C28H45N5O. The largest absolute Gasteiger partial charge is 0.402 e. The van der Waals surface area contributed by atoms with Crippen LogP contribution in [0.1, 0.15) is 89.1 Å². The second-order valence-electron chi connectivity index (χ2n) is 8.73. The molecule has 0 atom stereocenters. The van der Waals surface area contributed by atoms with Gasteiger partial charge in [-0.1, -0.05) is 45.9 Å². The average Bonchev–Trinajstić information content (AvgIpc) is 2.89. The summed E-state index contributed by atoms with van der Waals surface area (Å²) in [6, 6.07) is 9.65. The van der Waals surface area contributed by atoms with E-state index in [9.17, 15) is 0 Å². The van der Waals surface area contributed by atoms with Crippen molar-refractivity contribution in [2.45, 2.75) is 98.4 Å². The molecule has 1 aromatic carbocycles. The maximum atomic E-state index is 6.09. The van der Waals surface area contributed by atoms with Gasteiger partial charge in [-0.2, -0.15) is 0 Å². The quantitative estimate of drug-likeness (QED) is 0.408. The first-order valence-electron chi connectivity index (χ1n) is 12.9. The molecule has 0 amide bonds. The molecular weight excluding hydrogens is 422 g/mol. The van der Waals surface area contributed by atoms with Gasteiger partial charge in [-0.3, -0.25) is 0 Å². The molecule has 1 saturated carbocycles. The molecule has 2 aromatic rings. The average molecular weight is 468 g/mol. The SMILES string of the molecule is CC.CC/C(N)=C(\C)c1ccnc(NC2CCC(NCc3ccc(CC)c(COC)c3)CC2)n1. The van der Waals surface area contributed by atoms with Crippen LogP contribution >= 0.6 is 0 Å². The summed E-state index contributed by atoms with van der Waals surface area (Å²) in [6.45, 7) is 11.9. The third-order valence-corrected chi connectivity index (χ3v) is 6.51. The van der Waals surface area contributed by atoms with Crippen molar-refractivity contribution >= 4 is 11.5 Å². The number of ether oxygens (including phenoxy) is 1. The highest BCUT2D eigenvalue weighted by Crippen LogP contribution is 2.23. The van der Waals surface area contributed by atoms with Crippen molar-refractivity contribution in [1.29, 1.82) is 0 Å². The maximum Gasteiger partial charge on any atom is 0.223 e. The van der Waals surface area contributed by atoms with E-state index in [2.05, 4.69) is 52.6 Å². The summed E-state index contributed by atoms with van der Waals surface area (Å²) in [5, 5.41) is 7.29. The van der Waals surface area contributed by atoms with E-state index in [0.29, 0.717) is 24.6 Å². The van der Waals surface area contributed by atoms with Crippen LogP contribution in [0.3, 0.4) is 0 Å². The fraction of sp³-hybridized carbons (Fsp3) is 0.571. The van der Waals surface area contributed by atoms with E-state index in [1.165, 1.54) is 16.7 Å². The number of nitrogens with zero attached hydrogens (tertiary/aromatic N) is 2. The lowest BCUT2D eigenvalue weighted by molar-refractivity contribution is 0.184. The summed E-state index contributed by atoms with van der Waals surface area (Å²) >= 11 is 0. The number of aromatic nitrogens is 2. The summed E-state index contributed by atoms with van der Waals surface area (Å²) < 4.78 is 5.37. The molecule has 6 nitrogen and oxygen atoms in total. The smallest absolute Gasteiger partial charge is 0.223 e. The lowest BCUT2D eigenvalue weighted by atomic mass is 9.91. The van der Waals surface area contributed by atoms with Crippen molar-refractivity contribution in [3.05, 3.63) is 58.5 Å². The number of anilines is 1. The van der Waals surface area contributed by atoms with Gasteiger partial charge in [-0.15, -0.1) is 0 Å². The molecule has 0 saturated heterocycles. The Bertz CT molecular complexity index is 903. The Hall–Kier alpha value is -2.44. The van der Waals surface area contributed by atoms with Crippen LogP contribution in [0.4, 0.5) is 5.95 Å². The number of benzene rings is 1. The molecule has 0 aliphatic heterocycles. The molecule has 1 aliphatic rings. The Morgan fingerprint density at radius 3 is 2.41 bits per heavy atom. The molecule has 0 spiro atoms. The Kier molecular flexibility index (Phi) is 12.1. The first kappa shape index (κ1) is 27.8. The zero-order valence-electron chi connectivity index (χ0n) is 22.1. The van der Waals surface area contributed by atoms with Gasteiger partial charge in [0.1, 0.15) is 0 Å². The Balaban J connectivity index is 0.00000199. The molecule has 0 bridgehead atoms. The van der Waals surface area contributed by atoms with Crippen LogP contribution < -0.4 is 16.4 Å². The van der Waals surface area contributed by atoms with Crippen molar-refractivity contribution in [2.75, 3.05) is 12.4 Å². The molecule has 0 unspecified atom stereocenters. The summed E-state index contributed by atoms with van der Waals surface area (Å²) in [4.78, 5) is 9.10. The third-order valence-electron chi connectivity index (χ3n) is 6.51. The van der Waals surface area contributed by atoms with Gasteiger partial charge in [0.2, 0.25) is 5.95 Å². The van der Waals surface area contributed by atoms with Crippen molar-refractivity contribution < 1.29 is 4.74 Å². The van der Waals surface area contributed by atoms with Crippen LogP contribution in [0.5, 0.6) is 0 Å². The minimum Gasteiger partial charge on any atom is -0.402 e. The lowest BCUT2D eigenvalue weighted by Gasteiger charge is -2.30.